The van der Waals surface area contributed by atoms with Crippen LogP contribution >= 0.6 is 11.6 Å². The highest BCUT2D eigenvalue weighted by Gasteiger charge is 2.17. The monoisotopic (exact) mass is 301 g/mol. The molecule has 1 heterocycles. The maximum Gasteiger partial charge on any atom is 0.233 e. The Hall–Kier alpha value is -0.880. The highest BCUT2D eigenvalue weighted by Crippen LogP contribution is 2.12. The Balaban J connectivity index is 1.90. The number of halogens is 1. The van der Waals surface area contributed by atoms with Gasteiger partial charge in [0.25, 0.3) is 0 Å². The van der Waals surface area contributed by atoms with Crippen molar-refractivity contribution in [1.29, 1.82) is 0 Å². The lowest BCUT2D eigenvalue weighted by molar-refractivity contribution is 0.114. The molecule has 4 nitrogen and oxygen atoms in total. The molecular weight excluding hydrogens is 286 g/mol. The zero-order valence-corrected chi connectivity index (χ0v) is 12.0. The van der Waals surface area contributed by atoms with Gasteiger partial charge in [-0.2, -0.15) is 0 Å². The van der Waals surface area contributed by atoms with Crippen LogP contribution in [0.3, 0.4) is 0 Å². The second-order valence-electron chi connectivity index (χ2n) is 4.38. The first-order valence-electron chi connectivity index (χ1n) is 6.10. The fraction of sp³-hybridized carbons (Fsp3) is 0.385. The van der Waals surface area contributed by atoms with Crippen molar-refractivity contribution in [1.82, 2.24) is 4.72 Å². The zero-order chi connectivity index (χ0) is 13.7. The van der Waals surface area contributed by atoms with E-state index in [1.54, 1.807) is 24.3 Å². The largest absolute Gasteiger partial charge is 0.377 e. The maximum absolute atomic E-state index is 11.7. The predicted octanol–water partition coefficient (Wildman–Crippen LogP) is 2.41. The van der Waals surface area contributed by atoms with Crippen molar-refractivity contribution < 1.29 is 13.2 Å². The molecule has 2 rings (SSSR count). The van der Waals surface area contributed by atoms with Crippen molar-refractivity contribution in [3.8, 4) is 0 Å². The third-order valence-corrected chi connectivity index (χ3v) is 4.16. The molecule has 1 aromatic rings. The van der Waals surface area contributed by atoms with E-state index in [1.165, 1.54) is 6.08 Å². The van der Waals surface area contributed by atoms with Gasteiger partial charge in [0, 0.05) is 23.6 Å². The molecular formula is C13H16ClNO3S. The van der Waals surface area contributed by atoms with Crippen LogP contribution in [0.5, 0.6) is 0 Å². The van der Waals surface area contributed by atoms with Gasteiger partial charge in [-0.1, -0.05) is 23.7 Å². The molecule has 0 bridgehead atoms. The first-order chi connectivity index (χ1) is 9.05. The molecule has 0 spiro atoms. The number of nitrogens with one attached hydrogen (secondary N) is 1. The van der Waals surface area contributed by atoms with E-state index in [2.05, 4.69) is 4.72 Å². The Kier molecular flexibility index (Phi) is 4.99. The Bertz CT molecular complexity index is 534. The summed E-state index contributed by atoms with van der Waals surface area (Å²) in [5, 5.41) is 1.78. The van der Waals surface area contributed by atoms with Gasteiger partial charge in [0.2, 0.25) is 10.0 Å². The first-order valence-corrected chi connectivity index (χ1v) is 8.02. The molecule has 1 fully saturated rings. The maximum atomic E-state index is 11.7. The number of ether oxygens (including phenoxy) is 1. The van der Waals surface area contributed by atoms with E-state index >= 15 is 0 Å². The summed E-state index contributed by atoms with van der Waals surface area (Å²) in [6.07, 6.45) is 3.43. The Morgan fingerprint density at radius 3 is 2.74 bits per heavy atom. The van der Waals surface area contributed by atoms with Crippen LogP contribution in [-0.2, 0) is 14.8 Å². The second-order valence-corrected chi connectivity index (χ2v) is 6.47. The quantitative estimate of drug-likeness (QED) is 0.908. The van der Waals surface area contributed by atoms with Crippen LogP contribution in [0.2, 0.25) is 5.02 Å². The smallest absolute Gasteiger partial charge is 0.233 e. The number of rotatable bonds is 5. The highest BCUT2D eigenvalue weighted by molar-refractivity contribution is 7.92. The summed E-state index contributed by atoms with van der Waals surface area (Å²) in [4.78, 5) is 0. The molecule has 0 aromatic heterocycles. The van der Waals surface area contributed by atoms with E-state index in [9.17, 15) is 8.42 Å². The molecule has 0 radical (unpaired) electrons. The molecule has 0 amide bonds. The molecule has 1 N–H and O–H groups in total. The fourth-order valence-corrected chi connectivity index (χ4v) is 2.78. The lowest BCUT2D eigenvalue weighted by Gasteiger charge is -2.09. The first kappa shape index (κ1) is 14.5. The van der Waals surface area contributed by atoms with Gasteiger partial charge in [0.15, 0.2) is 0 Å². The summed E-state index contributed by atoms with van der Waals surface area (Å²) in [5.74, 6) is 0. The number of sulfonamides is 1. The van der Waals surface area contributed by atoms with Gasteiger partial charge in [-0.05, 0) is 36.6 Å². The van der Waals surface area contributed by atoms with Gasteiger partial charge in [-0.3, -0.25) is 0 Å². The van der Waals surface area contributed by atoms with E-state index in [1.807, 2.05) is 0 Å². The Morgan fingerprint density at radius 1 is 1.37 bits per heavy atom. The number of benzene rings is 1. The minimum absolute atomic E-state index is 0.00120. The van der Waals surface area contributed by atoms with Gasteiger partial charge < -0.3 is 4.74 Å². The lowest BCUT2D eigenvalue weighted by Crippen LogP contribution is -2.30. The van der Waals surface area contributed by atoms with Gasteiger partial charge in [0.1, 0.15) is 0 Å². The van der Waals surface area contributed by atoms with Crippen LogP contribution in [0.15, 0.2) is 29.7 Å². The molecule has 1 aliphatic heterocycles. The molecule has 6 heteroatoms. The average Bonchev–Trinajstić information content (AvgIpc) is 2.89. The van der Waals surface area contributed by atoms with Crippen molar-refractivity contribution in [3.63, 3.8) is 0 Å². The number of hydrogen-bond donors (Lipinski definition) is 1. The summed E-state index contributed by atoms with van der Waals surface area (Å²) in [7, 11) is -3.42. The topological polar surface area (TPSA) is 55.4 Å². The van der Waals surface area contributed by atoms with Crippen LogP contribution < -0.4 is 4.72 Å². The van der Waals surface area contributed by atoms with Crippen LogP contribution in [-0.4, -0.2) is 27.7 Å². The number of hydrogen-bond acceptors (Lipinski definition) is 3. The summed E-state index contributed by atoms with van der Waals surface area (Å²) < 4.78 is 31.4. The predicted molar refractivity (Wildman–Crippen MR) is 76.4 cm³/mol. The van der Waals surface area contributed by atoms with Gasteiger partial charge in [-0.25, -0.2) is 13.1 Å². The minimum Gasteiger partial charge on any atom is -0.377 e. The summed E-state index contributed by atoms with van der Waals surface area (Å²) in [6.45, 7) is 1.04. The van der Waals surface area contributed by atoms with Crippen molar-refractivity contribution in [2.45, 2.75) is 18.9 Å². The fourth-order valence-electron chi connectivity index (χ4n) is 1.80. The lowest BCUT2D eigenvalue weighted by atomic mass is 10.2. The SMILES string of the molecule is O=S(=O)(/C=C/c1ccc(Cl)cc1)NCC1CCCO1. The van der Waals surface area contributed by atoms with E-state index in [0.29, 0.717) is 18.2 Å². The van der Waals surface area contributed by atoms with E-state index < -0.39 is 10.0 Å². The van der Waals surface area contributed by atoms with Crippen LogP contribution in [0.1, 0.15) is 18.4 Å². The third-order valence-electron chi connectivity index (χ3n) is 2.85. The molecule has 1 saturated heterocycles. The molecule has 1 aromatic carbocycles. The van der Waals surface area contributed by atoms with Crippen LogP contribution in [0.25, 0.3) is 6.08 Å². The van der Waals surface area contributed by atoms with Gasteiger partial charge in [-0.15, -0.1) is 0 Å². The summed E-state index contributed by atoms with van der Waals surface area (Å²) >= 11 is 5.76. The molecule has 19 heavy (non-hydrogen) atoms. The van der Waals surface area contributed by atoms with Crippen LogP contribution in [0.4, 0.5) is 0 Å². The van der Waals surface area contributed by atoms with Gasteiger partial charge in [0.05, 0.1) is 6.10 Å². The third kappa shape index (κ3) is 4.95. The standard InChI is InChI=1S/C13H16ClNO3S/c14-12-5-3-11(4-6-12)7-9-19(16,17)15-10-13-2-1-8-18-13/h3-7,9,13,15H,1-2,8,10H2/b9-7+. The molecule has 0 saturated carbocycles. The van der Waals surface area contributed by atoms with Crippen molar-refractivity contribution in [3.05, 3.63) is 40.3 Å². The normalized spacial score (nSPS) is 20.2. The van der Waals surface area contributed by atoms with Crippen molar-refractivity contribution in [2.24, 2.45) is 0 Å². The molecule has 1 aliphatic rings. The van der Waals surface area contributed by atoms with Crippen molar-refractivity contribution in [2.75, 3.05) is 13.2 Å². The highest BCUT2D eigenvalue weighted by atomic mass is 35.5. The van der Waals surface area contributed by atoms with Crippen molar-refractivity contribution >= 4 is 27.7 Å². The summed E-state index contributed by atoms with van der Waals surface area (Å²) in [5.41, 5.74) is 0.784. The Labute approximate surface area is 118 Å². The molecule has 104 valence electrons. The van der Waals surface area contributed by atoms with E-state index in [4.69, 9.17) is 16.3 Å². The van der Waals surface area contributed by atoms with E-state index in [-0.39, 0.29) is 6.10 Å². The van der Waals surface area contributed by atoms with E-state index in [0.717, 1.165) is 23.8 Å². The average molecular weight is 302 g/mol. The molecule has 1 unspecified atom stereocenters. The second kappa shape index (κ2) is 6.52. The summed E-state index contributed by atoms with van der Waals surface area (Å²) in [6, 6.07) is 6.95. The molecule has 1 atom stereocenters. The van der Waals surface area contributed by atoms with Crippen LogP contribution in [0, 0.1) is 0 Å². The molecule has 0 aliphatic carbocycles. The zero-order valence-electron chi connectivity index (χ0n) is 10.4. The minimum atomic E-state index is -3.42. The van der Waals surface area contributed by atoms with Gasteiger partial charge >= 0.3 is 0 Å². The Morgan fingerprint density at radius 2 is 2.11 bits per heavy atom.